The lowest BCUT2D eigenvalue weighted by molar-refractivity contribution is 0.399. The summed E-state index contributed by atoms with van der Waals surface area (Å²) in [6.07, 6.45) is 6.04. The van der Waals surface area contributed by atoms with Gasteiger partial charge in [0.05, 0.1) is 24.6 Å². The fourth-order valence-corrected chi connectivity index (χ4v) is 3.32. The second kappa shape index (κ2) is 6.33. The van der Waals surface area contributed by atoms with Crippen molar-refractivity contribution in [1.29, 1.82) is 0 Å². The third kappa shape index (κ3) is 2.72. The van der Waals surface area contributed by atoms with Crippen LogP contribution in [0.1, 0.15) is 11.3 Å². The van der Waals surface area contributed by atoms with Crippen molar-refractivity contribution in [3.05, 3.63) is 65.6 Å². The van der Waals surface area contributed by atoms with Crippen LogP contribution in [-0.4, -0.2) is 27.3 Å². The topological polar surface area (TPSA) is 60.8 Å². The summed E-state index contributed by atoms with van der Waals surface area (Å²) >= 11 is 1.56. The molecule has 4 rings (SSSR count). The fraction of sp³-hybridized carbons (Fsp3) is 0.111. The van der Waals surface area contributed by atoms with Crippen LogP contribution in [0, 0.1) is 0 Å². The summed E-state index contributed by atoms with van der Waals surface area (Å²) in [5.74, 6) is 0.581. The number of thiazole rings is 1. The number of fused-ring (bicyclic) bond motifs is 1. The van der Waals surface area contributed by atoms with E-state index in [1.807, 2.05) is 29.8 Å². The molecule has 0 saturated heterocycles. The summed E-state index contributed by atoms with van der Waals surface area (Å²) < 4.78 is 5.37. The van der Waals surface area contributed by atoms with Crippen LogP contribution in [0.2, 0.25) is 0 Å². The van der Waals surface area contributed by atoms with Crippen LogP contribution < -0.4 is 4.74 Å². The Balaban J connectivity index is 1.76. The van der Waals surface area contributed by atoms with E-state index >= 15 is 0 Å². The quantitative estimate of drug-likeness (QED) is 0.569. The minimum absolute atomic E-state index is 0.581. The molecule has 0 aliphatic rings. The van der Waals surface area contributed by atoms with Gasteiger partial charge in [0.15, 0.2) is 0 Å². The number of hydrogen-bond acceptors (Lipinski definition) is 6. The molecule has 118 valence electrons. The standard InChI is InChI=1S/C18H14N4OS/c1-23-17-15(18-19-6-7-24-18)8-12(10-20-17)9-16-14-5-3-2-4-13(14)11-21-22-16/h2-8,10-11H,9H2,1H3. The molecule has 0 fully saturated rings. The van der Waals surface area contributed by atoms with Crippen molar-refractivity contribution in [3.63, 3.8) is 0 Å². The van der Waals surface area contributed by atoms with Crippen molar-refractivity contribution >= 4 is 22.1 Å². The van der Waals surface area contributed by atoms with E-state index in [0.29, 0.717) is 12.3 Å². The first-order valence-electron chi connectivity index (χ1n) is 7.47. The number of benzene rings is 1. The number of hydrogen-bond donors (Lipinski definition) is 0. The molecule has 0 aliphatic heterocycles. The molecular formula is C18H14N4OS. The molecule has 0 saturated carbocycles. The van der Waals surface area contributed by atoms with Crippen molar-refractivity contribution in [3.8, 4) is 16.5 Å². The number of aromatic nitrogens is 4. The number of methoxy groups -OCH3 is 1. The summed E-state index contributed by atoms with van der Waals surface area (Å²) in [5, 5.41) is 13.5. The molecule has 24 heavy (non-hydrogen) atoms. The molecule has 3 aromatic heterocycles. The second-order valence-corrected chi connectivity index (χ2v) is 6.19. The van der Waals surface area contributed by atoms with Crippen LogP contribution in [0.3, 0.4) is 0 Å². The summed E-state index contributed by atoms with van der Waals surface area (Å²) in [7, 11) is 1.62. The van der Waals surface area contributed by atoms with E-state index < -0.39 is 0 Å². The minimum atomic E-state index is 0.581. The Hall–Kier alpha value is -2.86. The summed E-state index contributed by atoms with van der Waals surface area (Å²) in [5.41, 5.74) is 2.88. The highest BCUT2D eigenvalue weighted by molar-refractivity contribution is 7.13. The molecule has 0 N–H and O–H groups in total. The van der Waals surface area contributed by atoms with Crippen LogP contribution in [0.15, 0.2) is 54.3 Å². The van der Waals surface area contributed by atoms with Gasteiger partial charge < -0.3 is 4.74 Å². The predicted molar refractivity (Wildman–Crippen MR) is 94.2 cm³/mol. The highest BCUT2D eigenvalue weighted by atomic mass is 32.1. The maximum Gasteiger partial charge on any atom is 0.223 e. The van der Waals surface area contributed by atoms with Gasteiger partial charge >= 0.3 is 0 Å². The highest BCUT2D eigenvalue weighted by Gasteiger charge is 2.12. The van der Waals surface area contributed by atoms with Crippen molar-refractivity contribution in [2.24, 2.45) is 0 Å². The molecule has 0 spiro atoms. The Labute approximate surface area is 143 Å². The fourth-order valence-electron chi connectivity index (χ4n) is 2.68. The van der Waals surface area contributed by atoms with Crippen molar-refractivity contribution in [2.45, 2.75) is 6.42 Å². The van der Waals surface area contributed by atoms with Crippen LogP contribution in [0.4, 0.5) is 0 Å². The zero-order valence-electron chi connectivity index (χ0n) is 13.0. The molecule has 0 aliphatic carbocycles. The van der Waals surface area contributed by atoms with E-state index in [9.17, 15) is 0 Å². The van der Waals surface area contributed by atoms with Gasteiger partial charge in [-0.25, -0.2) is 9.97 Å². The third-order valence-corrected chi connectivity index (χ3v) is 4.59. The zero-order valence-corrected chi connectivity index (χ0v) is 13.8. The van der Waals surface area contributed by atoms with E-state index in [0.717, 1.165) is 32.6 Å². The van der Waals surface area contributed by atoms with Gasteiger partial charge in [0.2, 0.25) is 5.88 Å². The van der Waals surface area contributed by atoms with Gasteiger partial charge in [-0.2, -0.15) is 10.2 Å². The molecule has 1 aromatic carbocycles. The van der Waals surface area contributed by atoms with Crippen LogP contribution in [0.5, 0.6) is 5.88 Å². The van der Waals surface area contributed by atoms with E-state index in [4.69, 9.17) is 4.74 Å². The number of pyridine rings is 1. The van der Waals surface area contributed by atoms with Gasteiger partial charge in [0, 0.05) is 35.0 Å². The van der Waals surface area contributed by atoms with E-state index in [1.54, 1.807) is 30.8 Å². The summed E-state index contributed by atoms with van der Waals surface area (Å²) in [4.78, 5) is 8.79. The van der Waals surface area contributed by atoms with Crippen molar-refractivity contribution in [2.75, 3.05) is 7.11 Å². The smallest absolute Gasteiger partial charge is 0.223 e. The van der Waals surface area contributed by atoms with Gasteiger partial charge in [-0.3, -0.25) is 0 Å². The molecule has 0 radical (unpaired) electrons. The maximum atomic E-state index is 5.37. The predicted octanol–water partition coefficient (Wildman–Crippen LogP) is 3.75. The Morgan fingerprint density at radius 3 is 2.88 bits per heavy atom. The minimum Gasteiger partial charge on any atom is -0.480 e. The molecule has 0 bridgehead atoms. The molecule has 0 unspecified atom stereocenters. The van der Waals surface area contributed by atoms with Gasteiger partial charge in [-0.05, 0) is 11.6 Å². The Kier molecular flexibility index (Phi) is 3.88. The van der Waals surface area contributed by atoms with E-state index in [-0.39, 0.29) is 0 Å². The third-order valence-electron chi connectivity index (χ3n) is 3.78. The second-order valence-electron chi connectivity index (χ2n) is 5.29. The van der Waals surface area contributed by atoms with E-state index in [1.165, 1.54) is 0 Å². The molecule has 3 heterocycles. The number of rotatable bonds is 4. The molecule has 5 nitrogen and oxygen atoms in total. The monoisotopic (exact) mass is 334 g/mol. The molecule has 6 heteroatoms. The maximum absolute atomic E-state index is 5.37. The number of ether oxygens (including phenoxy) is 1. The first-order chi connectivity index (χ1) is 11.8. The van der Waals surface area contributed by atoms with Gasteiger partial charge in [0.1, 0.15) is 5.01 Å². The summed E-state index contributed by atoms with van der Waals surface area (Å²) in [6.45, 7) is 0. The van der Waals surface area contributed by atoms with Crippen LogP contribution in [-0.2, 0) is 6.42 Å². The average molecular weight is 334 g/mol. The van der Waals surface area contributed by atoms with Gasteiger partial charge in [-0.15, -0.1) is 11.3 Å². The molecule has 4 aromatic rings. The van der Waals surface area contributed by atoms with Crippen molar-refractivity contribution < 1.29 is 4.74 Å². The molecular weight excluding hydrogens is 320 g/mol. The average Bonchev–Trinajstić information content (AvgIpc) is 3.16. The molecule has 0 atom stereocenters. The van der Waals surface area contributed by atoms with Crippen LogP contribution >= 0.6 is 11.3 Å². The van der Waals surface area contributed by atoms with Crippen molar-refractivity contribution in [1.82, 2.24) is 20.2 Å². The number of nitrogens with zero attached hydrogens (tertiary/aromatic N) is 4. The Bertz CT molecular complexity index is 980. The van der Waals surface area contributed by atoms with Gasteiger partial charge in [-0.1, -0.05) is 24.3 Å². The Morgan fingerprint density at radius 2 is 2.04 bits per heavy atom. The zero-order chi connectivity index (χ0) is 16.4. The highest BCUT2D eigenvalue weighted by Crippen LogP contribution is 2.31. The largest absolute Gasteiger partial charge is 0.480 e. The molecule has 0 amide bonds. The van der Waals surface area contributed by atoms with Crippen LogP contribution in [0.25, 0.3) is 21.3 Å². The summed E-state index contributed by atoms with van der Waals surface area (Å²) in [6, 6.07) is 10.2. The first-order valence-corrected chi connectivity index (χ1v) is 8.35. The van der Waals surface area contributed by atoms with E-state index in [2.05, 4.69) is 32.3 Å². The lowest BCUT2D eigenvalue weighted by Crippen LogP contribution is -1.99. The SMILES string of the molecule is COc1ncc(Cc2nncc3ccccc23)cc1-c1nccs1. The normalized spacial score (nSPS) is 10.9. The van der Waals surface area contributed by atoms with Gasteiger partial charge in [0.25, 0.3) is 0 Å². The Morgan fingerprint density at radius 1 is 1.12 bits per heavy atom. The lowest BCUT2D eigenvalue weighted by Gasteiger charge is -2.09. The lowest BCUT2D eigenvalue weighted by atomic mass is 10.0. The first kappa shape index (κ1) is 14.7.